The van der Waals surface area contributed by atoms with Gasteiger partial charge in [-0.2, -0.15) is 4.39 Å². The summed E-state index contributed by atoms with van der Waals surface area (Å²) in [6.45, 7) is 4.08. The molecule has 0 radical (unpaired) electrons. The Kier molecular flexibility index (Phi) is 4.33. The van der Waals surface area contributed by atoms with Crippen molar-refractivity contribution in [2.75, 3.05) is 6.61 Å². The summed E-state index contributed by atoms with van der Waals surface area (Å²) in [5, 5.41) is -1.52. The maximum Gasteiger partial charge on any atom is 0.318 e. The third-order valence-corrected chi connectivity index (χ3v) is 1.67. The van der Waals surface area contributed by atoms with Crippen molar-refractivity contribution in [3.05, 3.63) is 11.1 Å². The quantitative estimate of drug-likeness (QED) is 0.673. The zero-order valence-corrected chi connectivity index (χ0v) is 8.41. The van der Waals surface area contributed by atoms with Gasteiger partial charge in [0.1, 0.15) is 5.41 Å². The van der Waals surface area contributed by atoms with Crippen LogP contribution in [0.4, 0.5) is 8.78 Å². The molecule has 0 spiro atoms. The summed E-state index contributed by atoms with van der Waals surface area (Å²) < 4.78 is 29.7. The fourth-order valence-corrected chi connectivity index (χ4v) is 0.874. The molecule has 76 valence electrons. The zero-order chi connectivity index (χ0) is 10.6. The maximum absolute atomic E-state index is 12.9. The van der Waals surface area contributed by atoms with Crippen LogP contribution in [0.5, 0.6) is 0 Å². The van der Waals surface area contributed by atoms with Gasteiger partial charge in [-0.25, -0.2) is 4.39 Å². The van der Waals surface area contributed by atoms with Gasteiger partial charge in [-0.1, -0.05) is 0 Å². The molecule has 0 aliphatic carbocycles. The third-order valence-electron chi connectivity index (χ3n) is 1.50. The highest BCUT2D eigenvalue weighted by molar-refractivity contribution is 6.28. The van der Waals surface area contributed by atoms with Gasteiger partial charge in [-0.05, 0) is 32.4 Å². The highest BCUT2D eigenvalue weighted by Gasteiger charge is 2.36. The first-order valence-electron chi connectivity index (χ1n) is 3.72. The van der Waals surface area contributed by atoms with Crippen molar-refractivity contribution in [1.82, 2.24) is 0 Å². The maximum atomic E-state index is 12.9. The minimum atomic E-state index is -1.66. The molecule has 0 unspecified atom stereocenters. The van der Waals surface area contributed by atoms with Crippen LogP contribution in [0.1, 0.15) is 20.8 Å². The number of rotatable bonds is 3. The topological polar surface area (TPSA) is 26.3 Å². The number of halogens is 3. The fraction of sp³-hybridized carbons (Fsp3) is 0.625. The number of hydrogen-bond acceptors (Lipinski definition) is 2. The summed E-state index contributed by atoms with van der Waals surface area (Å²) in [5.74, 6) is -2.16. The lowest BCUT2D eigenvalue weighted by molar-refractivity contribution is -0.152. The molecule has 0 aliphatic heterocycles. The average Bonchev–Trinajstić information content (AvgIpc) is 2.03. The fourth-order valence-electron chi connectivity index (χ4n) is 0.637. The van der Waals surface area contributed by atoms with Gasteiger partial charge in [0.25, 0.3) is 0 Å². The van der Waals surface area contributed by atoms with E-state index in [1.54, 1.807) is 6.92 Å². The number of carbonyl (C=O) groups is 1. The van der Waals surface area contributed by atoms with E-state index in [4.69, 9.17) is 11.6 Å². The summed E-state index contributed by atoms with van der Waals surface area (Å²) in [4.78, 5) is 11.1. The number of carbonyl (C=O) groups excluding carboxylic acids is 1. The minimum Gasteiger partial charge on any atom is -0.465 e. The molecule has 0 saturated carbocycles. The smallest absolute Gasteiger partial charge is 0.318 e. The van der Waals surface area contributed by atoms with Gasteiger partial charge in [-0.3, -0.25) is 4.79 Å². The molecule has 0 bridgehead atoms. The van der Waals surface area contributed by atoms with E-state index in [9.17, 15) is 13.6 Å². The van der Waals surface area contributed by atoms with Gasteiger partial charge in [0.15, 0.2) is 5.83 Å². The molecule has 2 nitrogen and oxygen atoms in total. The molecule has 0 rings (SSSR count). The molecule has 0 atom stereocenters. The molecule has 0 aliphatic rings. The van der Waals surface area contributed by atoms with Gasteiger partial charge in [0.2, 0.25) is 5.29 Å². The first kappa shape index (κ1) is 12.4. The second-order valence-corrected chi connectivity index (χ2v) is 3.25. The van der Waals surface area contributed by atoms with Crippen molar-refractivity contribution in [2.45, 2.75) is 20.8 Å². The number of esters is 1. The number of ether oxygens (including phenoxy) is 1. The van der Waals surface area contributed by atoms with Crippen LogP contribution in [-0.2, 0) is 9.53 Å². The molecular formula is C8H11ClF2O2. The predicted octanol–water partition coefficient (Wildman–Crippen LogP) is 2.92. The first-order valence-corrected chi connectivity index (χ1v) is 4.10. The Morgan fingerprint density at radius 2 is 1.92 bits per heavy atom. The molecule has 13 heavy (non-hydrogen) atoms. The lowest BCUT2D eigenvalue weighted by atomic mass is 9.92. The summed E-state index contributed by atoms with van der Waals surface area (Å²) in [6.07, 6.45) is 0. The van der Waals surface area contributed by atoms with E-state index in [1.165, 1.54) is 13.8 Å². The zero-order valence-electron chi connectivity index (χ0n) is 7.66. The summed E-state index contributed by atoms with van der Waals surface area (Å²) in [7, 11) is 0. The molecule has 0 aromatic carbocycles. The summed E-state index contributed by atoms with van der Waals surface area (Å²) >= 11 is 4.79. The molecule has 0 aromatic heterocycles. The SMILES string of the molecule is CCOC(=O)C(C)(C)C(F)=C(F)Cl. The van der Waals surface area contributed by atoms with Crippen LogP contribution in [0.25, 0.3) is 0 Å². The van der Waals surface area contributed by atoms with Crippen LogP contribution in [0.3, 0.4) is 0 Å². The van der Waals surface area contributed by atoms with Gasteiger partial charge in [0, 0.05) is 0 Å². The molecule has 0 aromatic rings. The molecular weight excluding hydrogens is 202 g/mol. The van der Waals surface area contributed by atoms with Crippen molar-refractivity contribution in [3.8, 4) is 0 Å². The van der Waals surface area contributed by atoms with Crippen molar-refractivity contribution < 1.29 is 18.3 Å². The average molecular weight is 213 g/mol. The Morgan fingerprint density at radius 1 is 1.46 bits per heavy atom. The molecule has 0 N–H and O–H groups in total. The van der Waals surface area contributed by atoms with Gasteiger partial charge in [-0.15, -0.1) is 0 Å². The lowest BCUT2D eigenvalue weighted by Gasteiger charge is -2.19. The van der Waals surface area contributed by atoms with Crippen molar-refractivity contribution >= 4 is 17.6 Å². The molecule has 0 heterocycles. The third kappa shape index (κ3) is 2.95. The highest BCUT2D eigenvalue weighted by atomic mass is 35.5. The van der Waals surface area contributed by atoms with Crippen LogP contribution < -0.4 is 0 Å². The summed E-state index contributed by atoms with van der Waals surface area (Å²) in [6, 6.07) is 0. The monoisotopic (exact) mass is 212 g/mol. The van der Waals surface area contributed by atoms with E-state index >= 15 is 0 Å². The Hall–Kier alpha value is -0.640. The van der Waals surface area contributed by atoms with E-state index in [-0.39, 0.29) is 6.61 Å². The Labute approximate surface area is 80.5 Å². The number of hydrogen-bond donors (Lipinski definition) is 0. The lowest BCUT2D eigenvalue weighted by Crippen LogP contribution is -2.27. The standard InChI is InChI=1S/C8H11ClF2O2/c1-4-13-7(12)8(2,3)5(10)6(9)11/h4H2,1-3H3. The second-order valence-electron chi connectivity index (χ2n) is 2.92. The van der Waals surface area contributed by atoms with E-state index in [0.29, 0.717) is 0 Å². The van der Waals surface area contributed by atoms with Crippen molar-refractivity contribution in [3.63, 3.8) is 0 Å². The molecule has 5 heteroatoms. The first-order chi connectivity index (χ1) is 5.84. The van der Waals surface area contributed by atoms with E-state index in [0.717, 1.165) is 0 Å². The van der Waals surface area contributed by atoms with Crippen LogP contribution in [0.2, 0.25) is 0 Å². The van der Waals surface area contributed by atoms with Crippen LogP contribution >= 0.6 is 11.6 Å². The van der Waals surface area contributed by atoms with Crippen LogP contribution in [0.15, 0.2) is 11.1 Å². The largest absolute Gasteiger partial charge is 0.465 e. The minimum absolute atomic E-state index is 0.111. The summed E-state index contributed by atoms with van der Waals surface area (Å²) in [5.41, 5.74) is -1.66. The van der Waals surface area contributed by atoms with Crippen molar-refractivity contribution in [1.29, 1.82) is 0 Å². The predicted molar refractivity (Wildman–Crippen MR) is 45.5 cm³/mol. The van der Waals surface area contributed by atoms with Gasteiger partial charge in [0.05, 0.1) is 6.61 Å². The van der Waals surface area contributed by atoms with Gasteiger partial charge < -0.3 is 4.74 Å². The normalized spacial score (nSPS) is 13.7. The Balaban J connectivity index is 4.76. The highest BCUT2D eigenvalue weighted by Crippen LogP contribution is 2.33. The molecule has 0 fully saturated rings. The van der Waals surface area contributed by atoms with Gasteiger partial charge >= 0.3 is 5.97 Å². The van der Waals surface area contributed by atoms with E-state index in [2.05, 4.69) is 4.74 Å². The van der Waals surface area contributed by atoms with Crippen molar-refractivity contribution in [2.24, 2.45) is 5.41 Å². The Morgan fingerprint density at radius 3 is 2.23 bits per heavy atom. The second kappa shape index (κ2) is 4.56. The Bertz CT molecular complexity index is 232. The molecule has 0 saturated heterocycles. The van der Waals surface area contributed by atoms with Crippen LogP contribution in [-0.4, -0.2) is 12.6 Å². The molecule has 0 amide bonds. The van der Waals surface area contributed by atoms with E-state index in [1.807, 2.05) is 0 Å². The van der Waals surface area contributed by atoms with Crippen LogP contribution in [0, 0.1) is 5.41 Å². The van der Waals surface area contributed by atoms with E-state index < -0.39 is 22.5 Å².